The summed E-state index contributed by atoms with van der Waals surface area (Å²) in [6, 6.07) is 9.60. The van der Waals surface area contributed by atoms with Gasteiger partial charge in [-0.2, -0.15) is 0 Å². The summed E-state index contributed by atoms with van der Waals surface area (Å²) in [6.07, 6.45) is 0. The minimum atomic E-state index is -1.49. The monoisotopic (exact) mass is 312 g/mol. The molecule has 0 radical (unpaired) electrons. The van der Waals surface area contributed by atoms with E-state index in [0.29, 0.717) is 5.56 Å². The summed E-state index contributed by atoms with van der Waals surface area (Å²) in [5.74, 6) is -3.95. The second-order valence-electron chi connectivity index (χ2n) is 4.31. The van der Waals surface area contributed by atoms with Gasteiger partial charge in [0.1, 0.15) is 0 Å². The molecule has 1 aromatic heterocycles. The summed E-state index contributed by atoms with van der Waals surface area (Å²) in [7, 11) is 0. The molecule has 1 heterocycles. The Morgan fingerprint density at radius 3 is 2.45 bits per heavy atom. The predicted octanol–water partition coefficient (Wildman–Crippen LogP) is 5.65. The number of fused-ring (bicyclic) bond motifs is 1. The maximum absolute atomic E-state index is 13.8. The lowest BCUT2D eigenvalue weighted by Crippen LogP contribution is -2.01. The third-order valence-corrected chi connectivity index (χ3v) is 4.57. The molecule has 0 spiro atoms. The number of thiophene rings is 1. The van der Waals surface area contributed by atoms with Gasteiger partial charge in [-0.3, -0.25) is 0 Å². The molecule has 1 atom stereocenters. The van der Waals surface area contributed by atoms with Crippen LogP contribution in [0.15, 0.2) is 41.8 Å². The van der Waals surface area contributed by atoms with Crippen molar-refractivity contribution in [2.24, 2.45) is 0 Å². The van der Waals surface area contributed by atoms with E-state index in [9.17, 15) is 13.2 Å². The van der Waals surface area contributed by atoms with Gasteiger partial charge in [0, 0.05) is 10.3 Å². The van der Waals surface area contributed by atoms with Crippen molar-refractivity contribution in [1.82, 2.24) is 0 Å². The zero-order chi connectivity index (χ0) is 14.3. The van der Waals surface area contributed by atoms with Crippen molar-refractivity contribution < 1.29 is 13.2 Å². The summed E-state index contributed by atoms with van der Waals surface area (Å²) in [4.78, 5) is 0. The van der Waals surface area contributed by atoms with E-state index in [2.05, 4.69) is 0 Å². The Balaban J connectivity index is 2.13. The molecule has 5 heteroatoms. The summed E-state index contributed by atoms with van der Waals surface area (Å²) in [5.41, 5.74) is 0.631. The highest BCUT2D eigenvalue weighted by atomic mass is 35.5. The van der Waals surface area contributed by atoms with E-state index in [1.165, 1.54) is 17.4 Å². The van der Waals surface area contributed by atoms with Gasteiger partial charge < -0.3 is 0 Å². The van der Waals surface area contributed by atoms with Crippen molar-refractivity contribution in [3.8, 4) is 0 Å². The highest BCUT2D eigenvalue weighted by Gasteiger charge is 2.22. The number of hydrogen-bond donors (Lipinski definition) is 0. The van der Waals surface area contributed by atoms with Gasteiger partial charge in [-0.25, -0.2) is 13.2 Å². The highest BCUT2D eigenvalue weighted by Crippen LogP contribution is 2.38. The maximum atomic E-state index is 13.8. The SMILES string of the molecule is Fc1ccc(C(Cl)c2csc3ccccc23)c(F)c1F. The smallest absolute Gasteiger partial charge is 0.194 e. The molecule has 0 N–H and O–H groups in total. The molecule has 1 unspecified atom stereocenters. The maximum Gasteiger partial charge on any atom is 0.194 e. The van der Waals surface area contributed by atoms with Crippen molar-refractivity contribution in [3.05, 3.63) is 70.4 Å². The normalized spacial score (nSPS) is 12.8. The first kappa shape index (κ1) is 13.5. The largest absolute Gasteiger partial charge is 0.204 e. The van der Waals surface area contributed by atoms with Gasteiger partial charge in [0.15, 0.2) is 17.5 Å². The Kier molecular flexibility index (Phi) is 3.44. The van der Waals surface area contributed by atoms with E-state index in [-0.39, 0.29) is 5.56 Å². The van der Waals surface area contributed by atoms with Crippen LogP contribution in [0.1, 0.15) is 16.5 Å². The number of alkyl halides is 1. The first-order chi connectivity index (χ1) is 9.59. The Bertz CT molecular complexity index is 782. The number of benzene rings is 2. The van der Waals surface area contributed by atoms with E-state index in [0.717, 1.165) is 16.2 Å². The molecular weight excluding hydrogens is 305 g/mol. The van der Waals surface area contributed by atoms with Crippen molar-refractivity contribution >= 4 is 33.0 Å². The minimum Gasteiger partial charge on any atom is -0.204 e. The molecule has 102 valence electrons. The molecular formula is C15H8ClF3S. The first-order valence-corrected chi connectivity index (χ1v) is 7.15. The zero-order valence-corrected chi connectivity index (χ0v) is 11.6. The van der Waals surface area contributed by atoms with Crippen LogP contribution in [0.25, 0.3) is 10.1 Å². The molecule has 0 amide bonds. The van der Waals surface area contributed by atoms with Gasteiger partial charge >= 0.3 is 0 Å². The summed E-state index contributed by atoms with van der Waals surface area (Å²) in [6.45, 7) is 0. The molecule has 0 fully saturated rings. The first-order valence-electron chi connectivity index (χ1n) is 5.83. The molecule has 0 bridgehead atoms. The van der Waals surface area contributed by atoms with Crippen LogP contribution < -0.4 is 0 Å². The van der Waals surface area contributed by atoms with E-state index >= 15 is 0 Å². The van der Waals surface area contributed by atoms with Gasteiger partial charge in [0.2, 0.25) is 0 Å². The quantitative estimate of drug-likeness (QED) is 0.424. The molecule has 20 heavy (non-hydrogen) atoms. The molecule has 2 aromatic carbocycles. The van der Waals surface area contributed by atoms with Crippen LogP contribution in [0.3, 0.4) is 0 Å². The number of hydrogen-bond acceptors (Lipinski definition) is 1. The van der Waals surface area contributed by atoms with Gasteiger partial charge in [0.05, 0.1) is 5.38 Å². The zero-order valence-electron chi connectivity index (χ0n) is 10.0. The third kappa shape index (κ3) is 2.09. The van der Waals surface area contributed by atoms with Crippen LogP contribution >= 0.6 is 22.9 Å². The molecule has 3 aromatic rings. The predicted molar refractivity (Wildman–Crippen MR) is 75.8 cm³/mol. The Morgan fingerprint density at radius 1 is 0.900 bits per heavy atom. The standard InChI is InChI=1S/C15H8ClF3S/c16-13(9-5-6-11(17)15(19)14(9)18)10-7-20-12-4-2-1-3-8(10)12/h1-7,13H. The van der Waals surface area contributed by atoms with E-state index in [1.807, 2.05) is 29.6 Å². The molecule has 0 nitrogen and oxygen atoms in total. The lowest BCUT2D eigenvalue weighted by molar-refractivity contribution is 0.441. The fourth-order valence-electron chi connectivity index (χ4n) is 2.10. The van der Waals surface area contributed by atoms with Crippen molar-refractivity contribution in [3.63, 3.8) is 0 Å². The Morgan fingerprint density at radius 2 is 1.65 bits per heavy atom. The van der Waals surface area contributed by atoms with Crippen LogP contribution in [0.2, 0.25) is 0 Å². The number of halogens is 4. The van der Waals surface area contributed by atoms with Crippen molar-refractivity contribution in [2.75, 3.05) is 0 Å². The lowest BCUT2D eigenvalue weighted by Gasteiger charge is -2.11. The van der Waals surface area contributed by atoms with Crippen LogP contribution in [-0.2, 0) is 0 Å². The Hall–Kier alpha value is -1.52. The minimum absolute atomic E-state index is 0.0610. The van der Waals surface area contributed by atoms with Crippen LogP contribution in [-0.4, -0.2) is 0 Å². The average Bonchev–Trinajstić information content (AvgIpc) is 2.88. The van der Waals surface area contributed by atoms with Crippen LogP contribution in [0.4, 0.5) is 13.2 Å². The van der Waals surface area contributed by atoms with E-state index in [1.54, 1.807) is 0 Å². The fourth-order valence-corrected chi connectivity index (χ4v) is 3.51. The van der Waals surface area contributed by atoms with Crippen molar-refractivity contribution in [2.45, 2.75) is 5.38 Å². The van der Waals surface area contributed by atoms with Gasteiger partial charge in [-0.05, 0) is 28.5 Å². The second-order valence-corrected chi connectivity index (χ2v) is 5.66. The highest BCUT2D eigenvalue weighted by molar-refractivity contribution is 7.17. The van der Waals surface area contributed by atoms with Gasteiger partial charge in [0.25, 0.3) is 0 Å². The summed E-state index contributed by atoms with van der Waals surface area (Å²) >= 11 is 7.73. The molecule has 0 aliphatic carbocycles. The molecule has 0 aliphatic heterocycles. The van der Waals surface area contributed by atoms with Gasteiger partial charge in [-0.15, -0.1) is 22.9 Å². The summed E-state index contributed by atoms with van der Waals surface area (Å²) in [5, 5.41) is 1.84. The average molecular weight is 313 g/mol. The molecule has 0 saturated heterocycles. The fraction of sp³-hybridized carbons (Fsp3) is 0.0667. The van der Waals surface area contributed by atoms with Crippen LogP contribution in [0, 0.1) is 17.5 Å². The van der Waals surface area contributed by atoms with Crippen LogP contribution in [0.5, 0.6) is 0 Å². The molecule has 3 rings (SSSR count). The lowest BCUT2D eigenvalue weighted by atomic mass is 10.0. The van der Waals surface area contributed by atoms with Crippen molar-refractivity contribution in [1.29, 1.82) is 0 Å². The molecule has 0 saturated carbocycles. The molecule has 0 aliphatic rings. The third-order valence-electron chi connectivity index (χ3n) is 3.12. The number of rotatable bonds is 2. The topological polar surface area (TPSA) is 0 Å². The van der Waals surface area contributed by atoms with E-state index in [4.69, 9.17) is 11.6 Å². The second kappa shape index (κ2) is 5.11. The van der Waals surface area contributed by atoms with E-state index < -0.39 is 22.8 Å². The summed E-state index contributed by atoms with van der Waals surface area (Å²) < 4.78 is 41.1. The Labute approximate surface area is 122 Å². The van der Waals surface area contributed by atoms with Gasteiger partial charge in [-0.1, -0.05) is 24.3 Å².